The molecule has 0 bridgehead atoms. The van der Waals surface area contributed by atoms with Gasteiger partial charge in [-0.1, -0.05) is 0 Å². The lowest BCUT2D eigenvalue weighted by molar-refractivity contribution is -0.115. The zero-order valence-corrected chi connectivity index (χ0v) is 13.7. The van der Waals surface area contributed by atoms with Gasteiger partial charge < -0.3 is 10.6 Å². The number of rotatable bonds is 6. The highest BCUT2D eigenvalue weighted by molar-refractivity contribution is 5.92. The Morgan fingerprint density at radius 2 is 2.22 bits per heavy atom. The summed E-state index contributed by atoms with van der Waals surface area (Å²) in [5, 5.41) is 9.87. The average molecular weight is 339 g/mol. The zero-order chi connectivity index (χ0) is 15.5. The molecule has 0 aliphatic heterocycles. The summed E-state index contributed by atoms with van der Waals surface area (Å²) >= 11 is 0. The van der Waals surface area contributed by atoms with Crippen molar-refractivity contribution in [2.24, 2.45) is 5.92 Å². The molecule has 1 aliphatic carbocycles. The van der Waals surface area contributed by atoms with E-state index >= 15 is 0 Å². The molecule has 0 saturated heterocycles. The van der Waals surface area contributed by atoms with E-state index in [-0.39, 0.29) is 24.9 Å². The van der Waals surface area contributed by atoms with Crippen molar-refractivity contribution in [2.45, 2.75) is 19.8 Å². The number of carbonyl (C=O) groups is 1. The van der Waals surface area contributed by atoms with E-state index < -0.39 is 5.82 Å². The summed E-state index contributed by atoms with van der Waals surface area (Å²) in [4.78, 5) is 11.8. The Kier molecular flexibility index (Phi) is 5.74. The largest absolute Gasteiger partial charge is 0.325 e. The summed E-state index contributed by atoms with van der Waals surface area (Å²) in [6.07, 6.45) is 5.90. The highest BCUT2D eigenvalue weighted by atomic mass is 35.5. The summed E-state index contributed by atoms with van der Waals surface area (Å²) in [6, 6.07) is 4.59. The van der Waals surface area contributed by atoms with Gasteiger partial charge in [-0.2, -0.15) is 5.10 Å². The highest BCUT2D eigenvalue weighted by Crippen LogP contribution is 2.27. The Labute approximate surface area is 140 Å². The van der Waals surface area contributed by atoms with Crippen LogP contribution in [-0.2, 0) is 4.79 Å². The number of amides is 1. The van der Waals surface area contributed by atoms with Gasteiger partial charge in [0.1, 0.15) is 5.69 Å². The van der Waals surface area contributed by atoms with Crippen LogP contribution in [0.1, 0.15) is 18.4 Å². The van der Waals surface area contributed by atoms with Crippen molar-refractivity contribution in [1.29, 1.82) is 0 Å². The molecule has 2 aromatic rings. The SMILES string of the molecule is Cc1cnn(-c2ccc(NC(=O)CNCC3CC3)cc2F)c1.Cl. The number of aryl methyl sites for hydroxylation is 1. The molecule has 124 valence electrons. The summed E-state index contributed by atoms with van der Waals surface area (Å²) < 4.78 is 15.6. The molecular formula is C16H20ClFN4O. The zero-order valence-electron chi connectivity index (χ0n) is 12.9. The number of benzene rings is 1. The fourth-order valence-corrected chi connectivity index (χ4v) is 2.23. The molecule has 23 heavy (non-hydrogen) atoms. The number of hydrogen-bond donors (Lipinski definition) is 2. The van der Waals surface area contributed by atoms with E-state index in [1.165, 1.54) is 23.6 Å². The summed E-state index contributed by atoms with van der Waals surface area (Å²) in [5.74, 6) is 0.136. The lowest BCUT2D eigenvalue weighted by Gasteiger charge is -2.09. The van der Waals surface area contributed by atoms with Gasteiger partial charge in [-0.25, -0.2) is 9.07 Å². The molecule has 0 unspecified atom stereocenters. The van der Waals surface area contributed by atoms with Gasteiger partial charge in [-0.15, -0.1) is 12.4 Å². The molecule has 1 aromatic heterocycles. The van der Waals surface area contributed by atoms with Crippen LogP contribution in [0.2, 0.25) is 0 Å². The topological polar surface area (TPSA) is 59.0 Å². The van der Waals surface area contributed by atoms with Gasteiger partial charge in [0.05, 0.1) is 12.7 Å². The highest BCUT2D eigenvalue weighted by Gasteiger charge is 2.20. The molecule has 5 nitrogen and oxygen atoms in total. The maximum absolute atomic E-state index is 14.1. The van der Waals surface area contributed by atoms with Crippen LogP contribution in [0.25, 0.3) is 5.69 Å². The number of halogens is 2. The first-order chi connectivity index (χ1) is 10.6. The van der Waals surface area contributed by atoms with Crippen molar-refractivity contribution >= 4 is 24.0 Å². The fourth-order valence-electron chi connectivity index (χ4n) is 2.23. The van der Waals surface area contributed by atoms with E-state index in [0.717, 1.165) is 18.0 Å². The van der Waals surface area contributed by atoms with E-state index in [0.29, 0.717) is 11.4 Å². The minimum Gasteiger partial charge on any atom is -0.325 e. The Morgan fingerprint density at radius 1 is 1.43 bits per heavy atom. The molecule has 1 aromatic carbocycles. The molecule has 0 atom stereocenters. The molecule has 1 fully saturated rings. The van der Waals surface area contributed by atoms with Crippen LogP contribution in [0.15, 0.2) is 30.6 Å². The smallest absolute Gasteiger partial charge is 0.238 e. The van der Waals surface area contributed by atoms with Gasteiger partial charge >= 0.3 is 0 Å². The molecule has 1 heterocycles. The number of nitrogens with one attached hydrogen (secondary N) is 2. The normalized spacial score (nSPS) is 13.5. The number of carbonyl (C=O) groups excluding carboxylic acids is 1. The third-order valence-corrected chi connectivity index (χ3v) is 3.61. The maximum Gasteiger partial charge on any atom is 0.238 e. The predicted octanol–water partition coefficient (Wildman–Crippen LogP) is 2.68. The van der Waals surface area contributed by atoms with Crippen molar-refractivity contribution in [3.8, 4) is 5.69 Å². The first-order valence-electron chi connectivity index (χ1n) is 7.43. The van der Waals surface area contributed by atoms with Crippen molar-refractivity contribution in [3.63, 3.8) is 0 Å². The Morgan fingerprint density at radius 3 is 2.83 bits per heavy atom. The third kappa shape index (κ3) is 4.77. The Hall–Kier alpha value is -1.92. The van der Waals surface area contributed by atoms with Gasteiger partial charge in [0.2, 0.25) is 5.91 Å². The van der Waals surface area contributed by atoms with E-state index in [1.807, 2.05) is 6.92 Å². The maximum atomic E-state index is 14.1. The molecule has 7 heteroatoms. The van der Waals surface area contributed by atoms with Gasteiger partial charge in [-0.3, -0.25) is 4.79 Å². The van der Waals surface area contributed by atoms with Crippen LogP contribution in [0.3, 0.4) is 0 Å². The fraction of sp³-hybridized carbons (Fsp3) is 0.375. The monoisotopic (exact) mass is 338 g/mol. The van der Waals surface area contributed by atoms with Gasteiger partial charge in [-0.05, 0) is 56.0 Å². The quantitative estimate of drug-likeness (QED) is 0.851. The summed E-state index contributed by atoms with van der Waals surface area (Å²) in [7, 11) is 0. The molecule has 1 aliphatic rings. The molecule has 0 spiro atoms. The third-order valence-electron chi connectivity index (χ3n) is 3.61. The van der Waals surface area contributed by atoms with Crippen molar-refractivity contribution in [3.05, 3.63) is 42.0 Å². The summed E-state index contributed by atoms with van der Waals surface area (Å²) in [5.41, 5.74) is 1.76. The molecule has 0 radical (unpaired) electrons. The summed E-state index contributed by atoms with van der Waals surface area (Å²) in [6.45, 7) is 3.02. The molecular weight excluding hydrogens is 319 g/mol. The van der Waals surface area contributed by atoms with Crippen LogP contribution in [-0.4, -0.2) is 28.8 Å². The molecule has 2 N–H and O–H groups in total. The molecule has 3 rings (SSSR count). The minimum atomic E-state index is -0.424. The number of aromatic nitrogens is 2. The van der Waals surface area contributed by atoms with Crippen molar-refractivity contribution < 1.29 is 9.18 Å². The second-order valence-corrected chi connectivity index (χ2v) is 5.75. The van der Waals surface area contributed by atoms with Crippen LogP contribution >= 0.6 is 12.4 Å². The molecule has 1 amide bonds. The lowest BCUT2D eigenvalue weighted by atomic mass is 10.2. The number of anilines is 1. The van der Waals surface area contributed by atoms with Crippen LogP contribution in [0.5, 0.6) is 0 Å². The lowest BCUT2D eigenvalue weighted by Crippen LogP contribution is -2.29. The van der Waals surface area contributed by atoms with Gasteiger partial charge in [0.25, 0.3) is 0 Å². The van der Waals surface area contributed by atoms with E-state index in [1.54, 1.807) is 24.5 Å². The number of hydrogen-bond acceptors (Lipinski definition) is 3. The van der Waals surface area contributed by atoms with Crippen LogP contribution in [0, 0.1) is 18.7 Å². The second-order valence-electron chi connectivity index (χ2n) is 5.75. The Bertz CT molecular complexity index is 684. The van der Waals surface area contributed by atoms with Gasteiger partial charge in [0.15, 0.2) is 5.82 Å². The van der Waals surface area contributed by atoms with Crippen molar-refractivity contribution in [1.82, 2.24) is 15.1 Å². The van der Waals surface area contributed by atoms with Crippen LogP contribution < -0.4 is 10.6 Å². The van der Waals surface area contributed by atoms with E-state index in [9.17, 15) is 9.18 Å². The van der Waals surface area contributed by atoms with Gasteiger partial charge in [0, 0.05) is 11.9 Å². The number of nitrogens with zero attached hydrogens (tertiary/aromatic N) is 2. The van der Waals surface area contributed by atoms with E-state index in [2.05, 4.69) is 15.7 Å². The second kappa shape index (κ2) is 7.57. The minimum absolute atomic E-state index is 0. The Balaban J connectivity index is 0.00000192. The van der Waals surface area contributed by atoms with Crippen molar-refractivity contribution in [2.75, 3.05) is 18.4 Å². The molecule has 1 saturated carbocycles. The predicted molar refractivity (Wildman–Crippen MR) is 89.7 cm³/mol. The van der Waals surface area contributed by atoms with E-state index in [4.69, 9.17) is 0 Å². The standard InChI is InChI=1S/C16H19FN4O.ClH/c1-11-7-19-21(10-11)15-5-4-13(6-14(15)17)20-16(22)9-18-8-12-2-3-12;/h4-7,10,12,18H,2-3,8-9H2,1H3,(H,20,22);1H. The average Bonchev–Trinajstić information content (AvgIpc) is 3.19. The first-order valence-corrected chi connectivity index (χ1v) is 7.43. The van der Waals surface area contributed by atoms with Crippen LogP contribution in [0.4, 0.5) is 10.1 Å². The first kappa shape index (κ1) is 17.4.